The molecule has 0 aliphatic carbocycles. The molecule has 0 bridgehead atoms. The quantitative estimate of drug-likeness (QED) is 0.0327. The predicted molar refractivity (Wildman–Crippen MR) is 223 cm³/mol. The van der Waals surface area contributed by atoms with Crippen LogP contribution in [0, 0.1) is 10.1 Å². The van der Waals surface area contributed by atoms with Gasteiger partial charge in [0.25, 0.3) is 5.70 Å². The number of nitrogens with zero attached hydrogens (tertiary/aromatic N) is 1. The van der Waals surface area contributed by atoms with Crippen LogP contribution in [0.2, 0.25) is 0 Å². The van der Waals surface area contributed by atoms with E-state index in [2.05, 4.69) is 42.5 Å². The van der Waals surface area contributed by atoms with Crippen molar-refractivity contribution in [2.45, 2.75) is 37.4 Å². The van der Waals surface area contributed by atoms with E-state index in [-0.39, 0.29) is 17.2 Å². The summed E-state index contributed by atoms with van der Waals surface area (Å²) in [6.45, 7) is 1.12. The molecule has 12 nitrogen and oxygen atoms in total. The average molecular weight is 916 g/mol. The van der Waals surface area contributed by atoms with Gasteiger partial charge < -0.3 is 39.8 Å². The maximum absolute atomic E-state index is 13.4. The third kappa shape index (κ3) is 7.49. The van der Waals surface area contributed by atoms with Crippen molar-refractivity contribution in [3.05, 3.63) is 149 Å². The highest BCUT2D eigenvalue weighted by Gasteiger charge is 2.53. The lowest BCUT2D eigenvalue weighted by molar-refractivity contribution is -0.434. The molecule has 4 N–H and O–H groups in total. The minimum Gasteiger partial charge on any atom is -0.508 e. The van der Waals surface area contributed by atoms with Crippen LogP contribution in [0.25, 0.3) is 6.08 Å². The number of benzene rings is 5. The van der Waals surface area contributed by atoms with Gasteiger partial charge in [0.2, 0.25) is 6.10 Å². The zero-order chi connectivity index (χ0) is 39.8. The summed E-state index contributed by atoms with van der Waals surface area (Å²) in [5.41, 5.74) is 2.51. The van der Waals surface area contributed by atoms with Crippen molar-refractivity contribution in [3.63, 3.8) is 0 Å². The van der Waals surface area contributed by atoms with Gasteiger partial charge in [0, 0.05) is 62.7 Å². The molecule has 8 rings (SSSR count). The maximum Gasteiger partial charge on any atom is 0.340 e. The van der Waals surface area contributed by atoms with Gasteiger partial charge in [-0.3, -0.25) is 10.1 Å². The molecule has 5 aromatic carbocycles. The minimum absolute atomic E-state index is 0.0136. The Kier molecular flexibility index (Phi) is 10.5. The van der Waals surface area contributed by atoms with Crippen molar-refractivity contribution in [1.29, 1.82) is 0 Å². The highest BCUT2D eigenvalue weighted by atomic mass is 79.9. The molecule has 0 fully saturated rings. The number of carbonyl (C=O) groups is 1. The number of hydrogen-bond acceptors (Lipinski definition) is 10. The number of halogens is 2. The van der Waals surface area contributed by atoms with Gasteiger partial charge in [-0.15, -0.1) is 0 Å². The summed E-state index contributed by atoms with van der Waals surface area (Å²) in [7, 11) is 0. The van der Waals surface area contributed by atoms with Gasteiger partial charge in [-0.05, 0) is 102 Å². The molecule has 290 valence electrons. The number of phenolic OH excluding ortho intramolecular Hbond substituents is 2. The van der Waals surface area contributed by atoms with Crippen LogP contribution >= 0.6 is 44.1 Å². The molecule has 5 aromatic rings. The van der Waals surface area contributed by atoms with E-state index in [9.17, 15) is 25.1 Å². The topological polar surface area (TPSA) is 162 Å². The Morgan fingerprint density at radius 2 is 1.56 bits per heavy atom. The Balaban J connectivity index is 0.821. The molecule has 3 aliphatic rings. The zero-order valence-corrected chi connectivity index (χ0v) is 33.9. The highest BCUT2D eigenvalue weighted by molar-refractivity contribution is 9.10. The van der Waals surface area contributed by atoms with E-state index < -0.39 is 22.6 Å². The van der Waals surface area contributed by atoms with Crippen molar-refractivity contribution in [3.8, 4) is 34.5 Å². The number of fused-ring (bicyclic) bond motifs is 7. The molecule has 0 amide bonds. The Labute approximate surface area is 348 Å². The molecule has 0 saturated heterocycles. The van der Waals surface area contributed by atoms with E-state index in [1.165, 1.54) is 30.3 Å². The Hall–Kier alpha value is -5.64. The number of ether oxygens (including phenoxy) is 4. The molecule has 3 heterocycles. The van der Waals surface area contributed by atoms with Crippen LogP contribution in [0.3, 0.4) is 0 Å². The Morgan fingerprint density at radius 1 is 0.877 bits per heavy atom. The van der Waals surface area contributed by atoms with Gasteiger partial charge >= 0.3 is 5.97 Å². The molecule has 0 saturated carbocycles. The van der Waals surface area contributed by atoms with E-state index in [1.807, 2.05) is 30.3 Å². The van der Waals surface area contributed by atoms with Crippen molar-refractivity contribution in [1.82, 2.24) is 5.32 Å². The van der Waals surface area contributed by atoms with Crippen LogP contribution in [0.15, 0.2) is 106 Å². The lowest BCUT2D eigenvalue weighted by atomic mass is 9.77. The fourth-order valence-electron chi connectivity index (χ4n) is 7.27. The van der Waals surface area contributed by atoms with Crippen molar-refractivity contribution in [2.24, 2.45) is 0 Å². The molecule has 0 aromatic heterocycles. The fraction of sp³-hybridized carbons (Fsp3) is 0.190. The summed E-state index contributed by atoms with van der Waals surface area (Å²) < 4.78 is 25.8. The summed E-state index contributed by atoms with van der Waals surface area (Å²) in [4.78, 5) is 25.0. The second kappa shape index (κ2) is 15.7. The van der Waals surface area contributed by atoms with Crippen molar-refractivity contribution < 1.29 is 38.9 Å². The second-order valence-corrected chi connectivity index (χ2v) is 15.8. The number of esters is 1. The number of phenols is 2. The zero-order valence-electron chi connectivity index (χ0n) is 29.9. The fourth-order valence-corrected chi connectivity index (χ4v) is 8.31. The third-order valence-electron chi connectivity index (χ3n) is 9.89. The predicted octanol–water partition coefficient (Wildman–Crippen LogP) is 9.87. The minimum atomic E-state index is -1.34. The largest absolute Gasteiger partial charge is 0.508 e. The normalized spacial score (nSPS) is 15.4. The monoisotopic (exact) mass is 913 g/mol. The van der Waals surface area contributed by atoms with E-state index in [4.69, 9.17) is 31.2 Å². The standard InChI is InChI=1S/C42H33Br2N3O9S/c43-25-7-5-23(6-8-25)39-35(47(51)52)18-24-17-29(22-34(44)38(24)55-39)53-16-4-2-1-3-15-45-41(57)46-26-9-12-31-30(19-26)40(50)56-42(31)32-13-10-27(48)20-36(32)54-37-21-28(49)11-14-33(37)42/h5-14,17-22,39,48-49H,1-4,15-16H2,(H2,45,46,57). The molecule has 57 heavy (non-hydrogen) atoms. The first kappa shape index (κ1) is 38.2. The molecule has 15 heteroatoms. The van der Waals surface area contributed by atoms with E-state index >= 15 is 0 Å². The molecule has 3 aliphatic heterocycles. The molecule has 1 unspecified atom stereocenters. The summed E-state index contributed by atoms with van der Waals surface area (Å²) in [5.74, 6) is 1.17. The number of aromatic hydroxyl groups is 2. The smallest absolute Gasteiger partial charge is 0.340 e. The average Bonchev–Trinajstić information content (AvgIpc) is 3.46. The van der Waals surface area contributed by atoms with Crippen molar-refractivity contribution >= 4 is 66.9 Å². The summed E-state index contributed by atoms with van der Waals surface area (Å²) in [6.07, 6.45) is 4.22. The van der Waals surface area contributed by atoms with Gasteiger partial charge in [0.1, 0.15) is 34.5 Å². The van der Waals surface area contributed by atoms with E-state index in [1.54, 1.807) is 36.4 Å². The number of thiocarbonyl (C=S) groups is 1. The van der Waals surface area contributed by atoms with Gasteiger partial charge in [0.15, 0.2) is 10.7 Å². The first-order valence-corrected chi connectivity index (χ1v) is 20.0. The lowest BCUT2D eigenvalue weighted by Crippen LogP contribution is -2.33. The van der Waals surface area contributed by atoms with E-state index in [0.29, 0.717) is 84.8 Å². The summed E-state index contributed by atoms with van der Waals surface area (Å²) >= 11 is 12.5. The number of nitro groups is 1. The number of anilines is 1. The first-order valence-electron chi connectivity index (χ1n) is 18.0. The highest BCUT2D eigenvalue weighted by Crippen LogP contribution is 2.57. The molecule has 1 atom stereocenters. The maximum atomic E-state index is 13.4. The van der Waals surface area contributed by atoms with Crippen LogP contribution in [0.4, 0.5) is 5.69 Å². The SMILES string of the molecule is O=C1OC2(c3ccc(O)cc3Oc3cc(O)ccc32)c2ccc(NC(=S)NCCCCCCOc3cc(Br)c4c(c3)C=C([N+](=O)[O-])C(c3ccc(Br)cc3)O4)cc21. The van der Waals surface area contributed by atoms with Gasteiger partial charge in [-0.2, -0.15) is 0 Å². The first-order chi connectivity index (χ1) is 27.5. The van der Waals surface area contributed by atoms with Gasteiger partial charge in [-0.1, -0.05) is 47.0 Å². The van der Waals surface area contributed by atoms with E-state index in [0.717, 1.165) is 30.2 Å². The number of hydrogen-bond donors (Lipinski definition) is 4. The van der Waals surface area contributed by atoms with Crippen LogP contribution in [0.5, 0.6) is 34.5 Å². The van der Waals surface area contributed by atoms with Gasteiger partial charge in [-0.25, -0.2) is 4.79 Å². The van der Waals surface area contributed by atoms with Crippen LogP contribution in [-0.2, 0) is 10.3 Å². The summed E-state index contributed by atoms with van der Waals surface area (Å²) in [6, 6.07) is 25.4. The molecular weight excluding hydrogens is 882 g/mol. The lowest BCUT2D eigenvalue weighted by Gasteiger charge is -2.36. The van der Waals surface area contributed by atoms with Gasteiger partial charge in [0.05, 0.1) is 21.6 Å². The van der Waals surface area contributed by atoms with Crippen molar-refractivity contribution in [2.75, 3.05) is 18.5 Å². The Bertz CT molecular complexity index is 2430. The summed E-state index contributed by atoms with van der Waals surface area (Å²) in [5, 5.41) is 39.1. The number of nitrogens with one attached hydrogen (secondary N) is 2. The molecular formula is C42H33Br2N3O9S. The molecule has 1 spiro atoms. The van der Waals surface area contributed by atoms with Crippen LogP contribution in [0.1, 0.15) is 70.0 Å². The Morgan fingerprint density at radius 3 is 2.26 bits per heavy atom. The molecule has 0 radical (unpaired) electrons. The second-order valence-electron chi connectivity index (χ2n) is 13.6. The van der Waals surface area contributed by atoms with Crippen LogP contribution in [-0.4, -0.2) is 39.4 Å². The number of unbranched alkanes of at least 4 members (excludes halogenated alkanes) is 3. The number of carbonyl (C=O) groups excluding carboxylic acids is 1. The van der Waals surface area contributed by atoms with Crippen LogP contribution < -0.4 is 24.8 Å². The third-order valence-corrected chi connectivity index (χ3v) is 11.3. The number of rotatable bonds is 11.